The van der Waals surface area contributed by atoms with Crippen molar-refractivity contribution in [2.24, 2.45) is 11.7 Å². The van der Waals surface area contributed by atoms with E-state index < -0.39 is 0 Å². The van der Waals surface area contributed by atoms with Gasteiger partial charge in [-0.1, -0.05) is 25.7 Å². The van der Waals surface area contributed by atoms with Gasteiger partial charge in [0.1, 0.15) is 0 Å². The zero-order valence-corrected chi connectivity index (χ0v) is 10.8. The van der Waals surface area contributed by atoms with Crippen LogP contribution in [-0.2, 0) is 0 Å². The lowest BCUT2D eigenvalue weighted by molar-refractivity contribution is 0.125. The Bertz CT molecular complexity index is 205. The highest BCUT2D eigenvalue weighted by molar-refractivity contribution is 4.82. The van der Waals surface area contributed by atoms with E-state index in [9.17, 15) is 0 Å². The molecule has 2 rings (SSSR count). The van der Waals surface area contributed by atoms with Crippen molar-refractivity contribution in [1.29, 1.82) is 0 Å². The second kappa shape index (κ2) is 6.02. The van der Waals surface area contributed by atoms with Crippen LogP contribution in [0.25, 0.3) is 0 Å². The monoisotopic (exact) mass is 224 g/mol. The molecule has 1 aliphatic carbocycles. The molecule has 2 N–H and O–H groups in total. The molecule has 16 heavy (non-hydrogen) atoms. The number of hydrogen-bond donors (Lipinski definition) is 1. The standard InChI is InChI=1S/C14H28N2/c1-12-7-5-6-10-16(12)11-13-8-3-2-4-9-14(13)15/h12-14H,2-11,15H2,1H3. The van der Waals surface area contributed by atoms with Crippen molar-refractivity contribution in [3.05, 3.63) is 0 Å². The molecule has 3 atom stereocenters. The van der Waals surface area contributed by atoms with Crippen LogP contribution in [0.2, 0.25) is 0 Å². The van der Waals surface area contributed by atoms with Gasteiger partial charge in [0, 0.05) is 18.6 Å². The lowest BCUT2D eigenvalue weighted by Gasteiger charge is -2.37. The summed E-state index contributed by atoms with van der Waals surface area (Å²) in [5.74, 6) is 0.767. The summed E-state index contributed by atoms with van der Waals surface area (Å²) in [6, 6.07) is 1.26. The first kappa shape index (κ1) is 12.4. The fourth-order valence-corrected chi connectivity index (χ4v) is 3.37. The van der Waals surface area contributed by atoms with E-state index in [-0.39, 0.29) is 0 Å². The Morgan fingerprint density at radius 1 is 1.00 bits per heavy atom. The van der Waals surface area contributed by atoms with Gasteiger partial charge in [-0.25, -0.2) is 0 Å². The number of nitrogens with zero attached hydrogens (tertiary/aromatic N) is 1. The highest BCUT2D eigenvalue weighted by Crippen LogP contribution is 2.25. The molecule has 0 aromatic carbocycles. The van der Waals surface area contributed by atoms with E-state index in [0.29, 0.717) is 6.04 Å². The first-order chi connectivity index (χ1) is 7.77. The van der Waals surface area contributed by atoms with E-state index in [4.69, 9.17) is 5.73 Å². The minimum absolute atomic E-state index is 0.469. The van der Waals surface area contributed by atoms with E-state index in [2.05, 4.69) is 11.8 Å². The average molecular weight is 224 g/mol. The van der Waals surface area contributed by atoms with E-state index in [1.807, 2.05) is 0 Å². The van der Waals surface area contributed by atoms with Crippen molar-refractivity contribution in [2.75, 3.05) is 13.1 Å². The molecule has 94 valence electrons. The first-order valence-corrected chi connectivity index (χ1v) is 7.27. The molecule has 2 heteroatoms. The van der Waals surface area contributed by atoms with Crippen LogP contribution in [0.3, 0.4) is 0 Å². The summed E-state index contributed by atoms with van der Waals surface area (Å²) in [6.07, 6.45) is 11.0. The normalized spacial score (nSPS) is 38.2. The van der Waals surface area contributed by atoms with Crippen LogP contribution in [-0.4, -0.2) is 30.1 Å². The summed E-state index contributed by atoms with van der Waals surface area (Å²) in [6.45, 7) is 4.97. The van der Waals surface area contributed by atoms with Gasteiger partial charge in [0.15, 0.2) is 0 Å². The van der Waals surface area contributed by atoms with Crippen molar-refractivity contribution >= 4 is 0 Å². The number of likely N-dealkylation sites (tertiary alicyclic amines) is 1. The van der Waals surface area contributed by atoms with Crippen LogP contribution >= 0.6 is 0 Å². The smallest absolute Gasteiger partial charge is 0.00793 e. The highest BCUT2D eigenvalue weighted by Gasteiger charge is 2.26. The van der Waals surface area contributed by atoms with Gasteiger partial charge in [-0.3, -0.25) is 0 Å². The number of nitrogens with two attached hydrogens (primary N) is 1. The lowest BCUT2D eigenvalue weighted by atomic mass is 9.93. The Kier molecular flexibility index (Phi) is 4.66. The topological polar surface area (TPSA) is 29.3 Å². The Morgan fingerprint density at radius 2 is 1.75 bits per heavy atom. The van der Waals surface area contributed by atoms with Crippen LogP contribution in [0.15, 0.2) is 0 Å². The molecule has 1 saturated heterocycles. The molecule has 1 saturated carbocycles. The van der Waals surface area contributed by atoms with Crippen LogP contribution in [0.5, 0.6) is 0 Å². The zero-order valence-electron chi connectivity index (χ0n) is 10.8. The molecule has 0 radical (unpaired) electrons. The van der Waals surface area contributed by atoms with Crippen LogP contribution in [0.1, 0.15) is 58.3 Å². The second-order valence-electron chi connectivity index (χ2n) is 5.90. The molecule has 1 heterocycles. The van der Waals surface area contributed by atoms with Crippen molar-refractivity contribution in [2.45, 2.75) is 70.4 Å². The molecule has 3 unspecified atom stereocenters. The molecule has 1 aliphatic heterocycles. The predicted octanol–water partition coefficient (Wildman–Crippen LogP) is 2.77. The fraction of sp³-hybridized carbons (Fsp3) is 1.00. The SMILES string of the molecule is CC1CCCCN1CC1CCCCCC1N. The molecule has 2 aliphatic rings. The van der Waals surface area contributed by atoms with E-state index in [1.165, 1.54) is 64.5 Å². The Morgan fingerprint density at radius 3 is 2.56 bits per heavy atom. The average Bonchev–Trinajstić information content (AvgIpc) is 2.48. The molecular weight excluding hydrogens is 196 g/mol. The van der Waals surface area contributed by atoms with Gasteiger partial charge in [-0.2, -0.15) is 0 Å². The maximum Gasteiger partial charge on any atom is 0.00793 e. The third-order valence-electron chi connectivity index (χ3n) is 4.63. The zero-order chi connectivity index (χ0) is 11.4. The van der Waals surface area contributed by atoms with Crippen LogP contribution < -0.4 is 5.73 Å². The summed E-state index contributed by atoms with van der Waals surface area (Å²) in [7, 11) is 0. The van der Waals surface area contributed by atoms with Crippen LogP contribution in [0.4, 0.5) is 0 Å². The second-order valence-corrected chi connectivity index (χ2v) is 5.90. The predicted molar refractivity (Wildman–Crippen MR) is 69.4 cm³/mol. The molecule has 0 aromatic rings. The summed E-state index contributed by atoms with van der Waals surface area (Å²) in [5.41, 5.74) is 6.31. The van der Waals surface area contributed by atoms with Gasteiger partial charge in [0.25, 0.3) is 0 Å². The Hall–Kier alpha value is -0.0800. The Balaban J connectivity index is 1.86. The van der Waals surface area contributed by atoms with Gasteiger partial charge < -0.3 is 10.6 Å². The van der Waals surface area contributed by atoms with Gasteiger partial charge in [-0.05, 0) is 45.1 Å². The maximum absolute atomic E-state index is 6.31. The van der Waals surface area contributed by atoms with E-state index in [1.54, 1.807) is 0 Å². The van der Waals surface area contributed by atoms with E-state index in [0.717, 1.165) is 12.0 Å². The third kappa shape index (κ3) is 3.21. The van der Waals surface area contributed by atoms with Crippen molar-refractivity contribution < 1.29 is 0 Å². The molecule has 0 spiro atoms. The fourth-order valence-electron chi connectivity index (χ4n) is 3.37. The van der Waals surface area contributed by atoms with Gasteiger partial charge in [-0.15, -0.1) is 0 Å². The molecule has 0 aromatic heterocycles. The van der Waals surface area contributed by atoms with Crippen LogP contribution in [0, 0.1) is 5.92 Å². The molecule has 2 fully saturated rings. The summed E-state index contributed by atoms with van der Waals surface area (Å²) >= 11 is 0. The third-order valence-corrected chi connectivity index (χ3v) is 4.63. The molecule has 2 nitrogen and oxygen atoms in total. The quantitative estimate of drug-likeness (QED) is 0.731. The lowest BCUT2D eigenvalue weighted by Crippen LogP contribution is -2.44. The molecule has 0 bridgehead atoms. The van der Waals surface area contributed by atoms with Crippen molar-refractivity contribution in [1.82, 2.24) is 4.90 Å². The first-order valence-electron chi connectivity index (χ1n) is 7.27. The van der Waals surface area contributed by atoms with Gasteiger partial charge in [0.2, 0.25) is 0 Å². The van der Waals surface area contributed by atoms with E-state index >= 15 is 0 Å². The Labute approximate surface area is 101 Å². The number of rotatable bonds is 2. The van der Waals surface area contributed by atoms with Gasteiger partial charge >= 0.3 is 0 Å². The summed E-state index contributed by atoms with van der Waals surface area (Å²) < 4.78 is 0. The highest BCUT2D eigenvalue weighted by atomic mass is 15.2. The molecular formula is C14H28N2. The summed E-state index contributed by atoms with van der Waals surface area (Å²) in [4.78, 5) is 2.69. The maximum atomic E-state index is 6.31. The van der Waals surface area contributed by atoms with Crippen molar-refractivity contribution in [3.63, 3.8) is 0 Å². The van der Waals surface area contributed by atoms with Crippen molar-refractivity contribution in [3.8, 4) is 0 Å². The molecule has 0 amide bonds. The summed E-state index contributed by atoms with van der Waals surface area (Å²) in [5, 5.41) is 0. The number of piperidine rings is 1. The largest absolute Gasteiger partial charge is 0.327 e. The number of hydrogen-bond acceptors (Lipinski definition) is 2. The minimum atomic E-state index is 0.469. The van der Waals surface area contributed by atoms with Gasteiger partial charge in [0.05, 0.1) is 0 Å². The minimum Gasteiger partial charge on any atom is -0.327 e.